The molecule has 3 aromatic rings. The zero-order chi connectivity index (χ0) is 14.4. The number of anilines is 2. The number of hydrogen-bond donors (Lipinski definition) is 2. The Morgan fingerprint density at radius 3 is 2.10 bits per heavy atom. The van der Waals surface area contributed by atoms with Gasteiger partial charge in [-0.3, -0.25) is 0 Å². The van der Waals surface area contributed by atoms with Crippen LogP contribution in [0, 0.1) is 0 Å². The molecule has 0 amide bonds. The van der Waals surface area contributed by atoms with Crippen LogP contribution in [0.1, 0.15) is 11.1 Å². The summed E-state index contributed by atoms with van der Waals surface area (Å²) in [6.45, 7) is 0. The first-order chi connectivity index (χ1) is 10.3. The highest BCUT2D eigenvalue weighted by atomic mass is 14.7. The third-order valence-corrected chi connectivity index (χ3v) is 4.28. The molecule has 0 heterocycles. The number of rotatable bonds is 1. The van der Waals surface area contributed by atoms with Gasteiger partial charge >= 0.3 is 0 Å². The van der Waals surface area contributed by atoms with Crippen molar-refractivity contribution < 1.29 is 0 Å². The topological polar surface area (TPSA) is 52.0 Å². The van der Waals surface area contributed by atoms with Crippen molar-refractivity contribution in [2.75, 3.05) is 11.5 Å². The van der Waals surface area contributed by atoms with Crippen LogP contribution < -0.4 is 11.5 Å². The SMILES string of the molecule is Nc1cccc(-c2cccc3c2Cc2ccccc2-3)c1N. The molecule has 0 radical (unpaired) electrons. The van der Waals surface area contributed by atoms with E-state index in [1.807, 2.05) is 18.2 Å². The monoisotopic (exact) mass is 272 g/mol. The van der Waals surface area contributed by atoms with Crippen LogP contribution in [0.2, 0.25) is 0 Å². The molecular formula is C19H16N2. The molecule has 0 spiro atoms. The fourth-order valence-electron chi connectivity index (χ4n) is 3.23. The lowest BCUT2D eigenvalue weighted by atomic mass is 9.94. The van der Waals surface area contributed by atoms with Crippen LogP contribution >= 0.6 is 0 Å². The maximum Gasteiger partial charge on any atom is 0.0627 e. The summed E-state index contributed by atoms with van der Waals surface area (Å²) in [5.41, 5.74) is 21.0. The number of nitrogen functional groups attached to an aromatic ring is 2. The van der Waals surface area contributed by atoms with Gasteiger partial charge in [0.25, 0.3) is 0 Å². The molecule has 0 unspecified atom stereocenters. The summed E-state index contributed by atoms with van der Waals surface area (Å²) in [4.78, 5) is 0. The maximum absolute atomic E-state index is 6.19. The summed E-state index contributed by atoms with van der Waals surface area (Å²) in [7, 11) is 0. The van der Waals surface area contributed by atoms with Crippen molar-refractivity contribution in [1.82, 2.24) is 0 Å². The summed E-state index contributed by atoms with van der Waals surface area (Å²) >= 11 is 0. The zero-order valence-electron chi connectivity index (χ0n) is 11.6. The van der Waals surface area contributed by atoms with Gasteiger partial charge in [-0.15, -0.1) is 0 Å². The Kier molecular flexibility index (Phi) is 2.51. The fourth-order valence-corrected chi connectivity index (χ4v) is 3.23. The molecule has 0 aromatic heterocycles. The summed E-state index contributed by atoms with van der Waals surface area (Å²) in [5.74, 6) is 0. The minimum atomic E-state index is 0.639. The van der Waals surface area contributed by atoms with E-state index < -0.39 is 0 Å². The predicted molar refractivity (Wildman–Crippen MR) is 88.9 cm³/mol. The Labute approximate surface area is 124 Å². The highest BCUT2D eigenvalue weighted by Crippen LogP contribution is 2.43. The van der Waals surface area contributed by atoms with E-state index >= 15 is 0 Å². The van der Waals surface area contributed by atoms with Crippen molar-refractivity contribution in [3.05, 3.63) is 71.8 Å². The van der Waals surface area contributed by atoms with E-state index in [1.165, 1.54) is 27.8 Å². The van der Waals surface area contributed by atoms with Crippen LogP contribution in [0.15, 0.2) is 60.7 Å². The van der Waals surface area contributed by atoms with Gasteiger partial charge in [0.15, 0.2) is 0 Å². The summed E-state index contributed by atoms with van der Waals surface area (Å²) in [6.07, 6.45) is 0.954. The summed E-state index contributed by atoms with van der Waals surface area (Å²) in [5, 5.41) is 0. The van der Waals surface area contributed by atoms with Gasteiger partial charge in [0.05, 0.1) is 11.4 Å². The number of para-hydroxylation sites is 1. The van der Waals surface area contributed by atoms with Crippen molar-refractivity contribution in [2.24, 2.45) is 0 Å². The Balaban J connectivity index is 1.97. The van der Waals surface area contributed by atoms with Crippen LogP contribution in [0.4, 0.5) is 11.4 Å². The molecular weight excluding hydrogens is 256 g/mol. The van der Waals surface area contributed by atoms with E-state index in [0.717, 1.165) is 12.0 Å². The molecule has 3 aromatic carbocycles. The molecule has 102 valence electrons. The van der Waals surface area contributed by atoms with Gasteiger partial charge in [0.1, 0.15) is 0 Å². The highest BCUT2D eigenvalue weighted by molar-refractivity contribution is 5.91. The summed E-state index contributed by atoms with van der Waals surface area (Å²) < 4.78 is 0. The first-order valence-electron chi connectivity index (χ1n) is 7.10. The van der Waals surface area contributed by atoms with E-state index in [9.17, 15) is 0 Å². The largest absolute Gasteiger partial charge is 0.397 e. The van der Waals surface area contributed by atoms with Gasteiger partial charge in [-0.2, -0.15) is 0 Å². The van der Waals surface area contributed by atoms with Gasteiger partial charge in [0, 0.05) is 5.56 Å². The second-order valence-electron chi connectivity index (χ2n) is 5.47. The lowest BCUT2D eigenvalue weighted by Gasteiger charge is -2.12. The third-order valence-electron chi connectivity index (χ3n) is 4.28. The number of hydrogen-bond acceptors (Lipinski definition) is 2. The Morgan fingerprint density at radius 1 is 0.619 bits per heavy atom. The second kappa shape index (κ2) is 4.38. The standard InChI is InChI=1S/C19H16N2/c20-18-10-4-9-16(19(18)21)15-8-3-7-14-13-6-2-1-5-12(13)11-17(14)15/h1-10H,11,20-21H2. The van der Waals surface area contributed by atoms with Crippen LogP contribution in [0.5, 0.6) is 0 Å². The summed E-state index contributed by atoms with van der Waals surface area (Å²) in [6, 6.07) is 20.8. The minimum absolute atomic E-state index is 0.639. The van der Waals surface area contributed by atoms with Gasteiger partial charge < -0.3 is 11.5 Å². The van der Waals surface area contributed by atoms with E-state index in [1.54, 1.807) is 0 Å². The van der Waals surface area contributed by atoms with E-state index in [4.69, 9.17) is 11.5 Å². The van der Waals surface area contributed by atoms with Gasteiger partial charge in [-0.05, 0) is 40.3 Å². The van der Waals surface area contributed by atoms with Crippen molar-refractivity contribution in [1.29, 1.82) is 0 Å². The van der Waals surface area contributed by atoms with E-state index in [2.05, 4.69) is 42.5 Å². The molecule has 0 saturated heterocycles. The van der Waals surface area contributed by atoms with Gasteiger partial charge in [0.2, 0.25) is 0 Å². The third kappa shape index (κ3) is 1.73. The fraction of sp³-hybridized carbons (Fsp3) is 0.0526. The molecule has 1 aliphatic carbocycles. The molecule has 21 heavy (non-hydrogen) atoms. The quantitative estimate of drug-likeness (QED) is 0.513. The first kappa shape index (κ1) is 12.0. The van der Waals surface area contributed by atoms with Crippen molar-refractivity contribution >= 4 is 11.4 Å². The average molecular weight is 272 g/mol. The number of fused-ring (bicyclic) bond motifs is 3. The molecule has 0 bridgehead atoms. The first-order valence-corrected chi connectivity index (χ1v) is 7.10. The Bertz CT molecular complexity index is 850. The molecule has 4 N–H and O–H groups in total. The minimum Gasteiger partial charge on any atom is -0.397 e. The van der Waals surface area contributed by atoms with Crippen LogP contribution in [-0.2, 0) is 6.42 Å². The number of benzene rings is 3. The van der Waals surface area contributed by atoms with Gasteiger partial charge in [-0.25, -0.2) is 0 Å². The van der Waals surface area contributed by atoms with Crippen molar-refractivity contribution in [3.8, 4) is 22.3 Å². The molecule has 2 nitrogen and oxygen atoms in total. The van der Waals surface area contributed by atoms with Crippen molar-refractivity contribution in [3.63, 3.8) is 0 Å². The van der Waals surface area contributed by atoms with Crippen LogP contribution in [0.3, 0.4) is 0 Å². The van der Waals surface area contributed by atoms with Crippen molar-refractivity contribution in [2.45, 2.75) is 6.42 Å². The molecule has 4 rings (SSSR count). The lowest BCUT2D eigenvalue weighted by Crippen LogP contribution is -1.98. The Morgan fingerprint density at radius 2 is 1.24 bits per heavy atom. The molecule has 0 fully saturated rings. The van der Waals surface area contributed by atoms with Crippen LogP contribution in [-0.4, -0.2) is 0 Å². The van der Waals surface area contributed by atoms with E-state index in [-0.39, 0.29) is 0 Å². The normalized spacial score (nSPS) is 12.0. The second-order valence-corrected chi connectivity index (χ2v) is 5.47. The zero-order valence-corrected chi connectivity index (χ0v) is 11.6. The average Bonchev–Trinajstić information content (AvgIpc) is 2.89. The van der Waals surface area contributed by atoms with E-state index in [0.29, 0.717) is 11.4 Å². The Hall–Kier alpha value is -2.74. The van der Waals surface area contributed by atoms with Crippen LogP contribution in [0.25, 0.3) is 22.3 Å². The number of nitrogens with two attached hydrogens (primary N) is 2. The molecule has 0 saturated carbocycles. The molecule has 0 atom stereocenters. The van der Waals surface area contributed by atoms with Gasteiger partial charge in [-0.1, -0.05) is 54.6 Å². The smallest absolute Gasteiger partial charge is 0.0627 e. The maximum atomic E-state index is 6.19. The predicted octanol–water partition coefficient (Wildman–Crippen LogP) is 4.09. The highest BCUT2D eigenvalue weighted by Gasteiger charge is 2.21. The molecule has 1 aliphatic rings. The molecule has 0 aliphatic heterocycles. The molecule has 2 heteroatoms. The lowest BCUT2D eigenvalue weighted by molar-refractivity contribution is 1.26.